The Morgan fingerprint density at radius 2 is 1.83 bits per heavy atom. The Morgan fingerprint density at radius 3 is 2.45 bits per heavy atom. The number of piperidine rings is 1. The van der Waals surface area contributed by atoms with E-state index in [-0.39, 0.29) is 6.09 Å². The minimum Gasteiger partial charge on any atom is -0.444 e. The molecule has 7 nitrogen and oxygen atoms in total. The van der Waals surface area contributed by atoms with Crippen molar-refractivity contribution in [3.63, 3.8) is 0 Å². The molecule has 0 N–H and O–H groups in total. The molecule has 0 aromatic carbocycles. The van der Waals surface area contributed by atoms with Crippen molar-refractivity contribution >= 4 is 6.09 Å². The van der Waals surface area contributed by atoms with Crippen molar-refractivity contribution in [1.82, 2.24) is 19.4 Å². The molecular formula is C22H38N4O3. The summed E-state index contributed by atoms with van der Waals surface area (Å²) < 4.78 is 13.1. The van der Waals surface area contributed by atoms with Gasteiger partial charge in [-0.25, -0.2) is 9.78 Å². The zero-order valence-electron chi connectivity index (χ0n) is 18.7. The van der Waals surface area contributed by atoms with E-state index in [0.717, 1.165) is 51.1 Å². The standard InChI is InChI=1S/C22H38N4O3/c1-22(2,3)29-21(27)25-12-7-18(8-13-25)20-23-19(9-16-28-4)17-26(20)15-14-24-10-5-6-11-24/h17-18H,5-16H2,1-4H3. The zero-order chi connectivity index (χ0) is 20.9. The number of carbonyl (C=O) groups excluding carboxylic acids is 1. The molecular weight excluding hydrogens is 368 g/mol. The number of carbonyl (C=O) groups is 1. The minimum absolute atomic E-state index is 0.200. The van der Waals surface area contributed by atoms with E-state index in [4.69, 9.17) is 14.5 Å². The molecule has 2 aliphatic rings. The number of imidazole rings is 1. The van der Waals surface area contributed by atoms with Crippen molar-refractivity contribution in [1.29, 1.82) is 0 Å². The number of aromatic nitrogens is 2. The molecule has 0 atom stereocenters. The van der Waals surface area contributed by atoms with Gasteiger partial charge in [-0.05, 0) is 59.5 Å². The number of hydrogen-bond acceptors (Lipinski definition) is 5. The van der Waals surface area contributed by atoms with Gasteiger partial charge in [0.05, 0.1) is 12.3 Å². The number of hydrogen-bond donors (Lipinski definition) is 0. The van der Waals surface area contributed by atoms with Gasteiger partial charge in [0.1, 0.15) is 11.4 Å². The van der Waals surface area contributed by atoms with Crippen molar-refractivity contribution in [2.75, 3.05) is 46.4 Å². The number of rotatable bonds is 7. The van der Waals surface area contributed by atoms with Crippen molar-refractivity contribution < 1.29 is 14.3 Å². The van der Waals surface area contributed by atoms with E-state index in [1.165, 1.54) is 31.8 Å². The summed E-state index contributed by atoms with van der Waals surface area (Å²) in [6.45, 7) is 12.4. The molecule has 2 aliphatic heterocycles. The summed E-state index contributed by atoms with van der Waals surface area (Å²) in [5, 5.41) is 0. The monoisotopic (exact) mass is 406 g/mol. The van der Waals surface area contributed by atoms with Crippen LogP contribution in [0.2, 0.25) is 0 Å². The summed E-state index contributed by atoms with van der Waals surface area (Å²) in [5.41, 5.74) is 0.661. The molecule has 2 saturated heterocycles. The number of methoxy groups -OCH3 is 1. The van der Waals surface area contributed by atoms with Crippen LogP contribution < -0.4 is 0 Å². The Kier molecular flexibility index (Phi) is 7.57. The van der Waals surface area contributed by atoms with Crippen LogP contribution in [0, 0.1) is 0 Å². The van der Waals surface area contributed by atoms with E-state index < -0.39 is 5.60 Å². The summed E-state index contributed by atoms with van der Waals surface area (Å²) >= 11 is 0. The zero-order valence-corrected chi connectivity index (χ0v) is 18.7. The second kappa shape index (κ2) is 9.94. The smallest absolute Gasteiger partial charge is 0.410 e. The van der Waals surface area contributed by atoms with Crippen LogP contribution in [0.5, 0.6) is 0 Å². The highest BCUT2D eigenvalue weighted by molar-refractivity contribution is 5.68. The fraction of sp³-hybridized carbons (Fsp3) is 0.818. The van der Waals surface area contributed by atoms with E-state index in [9.17, 15) is 4.79 Å². The summed E-state index contributed by atoms with van der Waals surface area (Å²) in [6.07, 6.45) is 7.36. The molecule has 3 heterocycles. The fourth-order valence-electron chi connectivity index (χ4n) is 4.22. The molecule has 2 fully saturated rings. The van der Waals surface area contributed by atoms with Crippen LogP contribution in [0.4, 0.5) is 4.79 Å². The van der Waals surface area contributed by atoms with Gasteiger partial charge >= 0.3 is 6.09 Å². The molecule has 1 aromatic rings. The van der Waals surface area contributed by atoms with Gasteiger partial charge in [0.25, 0.3) is 0 Å². The van der Waals surface area contributed by atoms with E-state index in [0.29, 0.717) is 12.5 Å². The Morgan fingerprint density at radius 1 is 1.14 bits per heavy atom. The number of amides is 1. The van der Waals surface area contributed by atoms with Gasteiger partial charge in [0.15, 0.2) is 0 Å². The first kappa shape index (κ1) is 22.1. The molecule has 0 saturated carbocycles. The molecule has 3 rings (SSSR count). The van der Waals surface area contributed by atoms with Crippen LogP contribution in [0.3, 0.4) is 0 Å². The maximum atomic E-state index is 12.4. The van der Waals surface area contributed by atoms with Crippen molar-refractivity contribution in [2.24, 2.45) is 0 Å². The van der Waals surface area contributed by atoms with Crippen LogP contribution in [-0.2, 0) is 22.4 Å². The van der Waals surface area contributed by atoms with Crippen molar-refractivity contribution in [3.8, 4) is 0 Å². The third-order valence-electron chi connectivity index (χ3n) is 5.79. The molecule has 0 aliphatic carbocycles. The van der Waals surface area contributed by atoms with Gasteiger partial charge in [-0.15, -0.1) is 0 Å². The van der Waals surface area contributed by atoms with Crippen LogP contribution >= 0.6 is 0 Å². The van der Waals surface area contributed by atoms with Crippen LogP contribution in [0.25, 0.3) is 0 Å². The number of ether oxygens (including phenoxy) is 2. The molecule has 0 spiro atoms. The Balaban J connectivity index is 1.62. The minimum atomic E-state index is -0.448. The second-order valence-corrected chi connectivity index (χ2v) is 9.32. The third kappa shape index (κ3) is 6.44. The predicted molar refractivity (Wildman–Crippen MR) is 113 cm³/mol. The highest BCUT2D eigenvalue weighted by atomic mass is 16.6. The van der Waals surface area contributed by atoms with E-state index in [1.54, 1.807) is 7.11 Å². The van der Waals surface area contributed by atoms with Gasteiger partial charge in [-0.1, -0.05) is 0 Å². The number of likely N-dealkylation sites (tertiary alicyclic amines) is 2. The molecule has 0 bridgehead atoms. The summed E-state index contributed by atoms with van der Waals surface area (Å²) in [5.74, 6) is 1.57. The van der Waals surface area contributed by atoms with Crippen molar-refractivity contribution in [3.05, 3.63) is 17.7 Å². The van der Waals surface area contributed by atoms with Crippen LogP contribution in [0.15, 0.2) is 6.20 Å². The molecule has 0 unspecified atom stereocenters. The molecule has 164 valence electrons. The Hall–Kier alpha value is -1.60. The maximum absolute atomic E-state index is 12.4. The SMILES string of the molecule is COCCc1cn(CCN2CCCC2)c(C2CCN(C(=O)OC(C)(C)C)CC2)n1. The summed E-state index contributed by atoms with van der Waals surface area (Å²) in [6, 6.07) is 0. The fourth-order valence-corrected chi connectivity index (χ4v) is 4.22. The van der Waals surface area contributed by atoms with Gasteiger partial charge in [0, 0.05) is 51.8 Å². The largest absolute Gasteiger partial charge is 0.444 e. The lowest BCUT2D eigenvalue weighted by Crippen LogP contribution is -2.41. The van der Waals surface area contributed by atoms with Gasteiger partial charge in [0.2, 0.25) is 0 Å². The lowest BCUT2D eigenvalue weighted by molar-refractivity contribution is 0.0202. The Labute approximate surface area is 175 Å². The normalized spacial score (nSPS) is 19.1. The van der Waals surface area contributed by atoms with E-state index in [1.807, 2.05) is 25.7 Å². The average molecular weight is 407 g/mol. The van der Waals surface area contributed by atoms with E-state index >= 15 is 0 Å². The van der Waals surface area contributed by atoms with Crippen molar-refractivity contribution in [2.45, 2.75) is 70.9 Å². The predicted octanol–water partition coefficient (Wildman–Crippen LogP) is 3.28. The van der Waals surface area contributed by atoms with Gasteiger partial charge in [-0.3, -0.25) is 0 Å². The quantitative estimate of drug-likeness (QED) is 0.695. The van der Waals surface area contributed by atoms with Crippen LogP contribution in [0.1, 0.15) is 63.9 Å². The topological polar surface area (TPSA) is 59.8 Å². The molecule has 1 amide bonds. The lowest BCUT2D eigenvalue weighted by Gasteiger charge is -2.33. The number of nitrogens with zero attached hydrogens (tertiary/aromatic N) is 4. The summed E-state index contributed by atoms with van der Waals surface area (Å²) in [4.78, 5) is 21.7. The molecule has 1 aromatic heterocycles. The van der Waals surface area contributed by atoms with Gasteiger partial charge < -0.3 is 23.8 Å². The third-order valence-corrected chi connectivity index (χ3v) is 5.79. The highest BCUT2D eigenvalue weighted by Gasteiger charge is 2.29. The van der Waals surface area contributed by atoms with Crippen LogP contribution in [-0.4, -0.2) is 77.5 Å². The highest BCUT2D eigenvalue weighted by Crippen LogP contribution is 2.29. The maximum Gasteiger partial charge on any atom is 0.410 e. The first-order valence-corrected chi connectivity index (χ1v) is 11.1. The second-order valence-electron chi connectivity index (χ2n) is 9.32. The Bertz CT molecular complexity index is 654. The lowest BCUT2D eigenvalue weighted by atomic mass is 9.96. The molecule has 0 radical (unpaired) electrons. The molecule has 7 heteroatoms. The van der Waals surface area contributed by atoms with Gasteiger partial charge in [-0.2, -0.15) is 0 Å². The molecule has 29 heavy (non-hydrogen) atoms. The van der Waals surface area contributed by atoms with E-state index in [2.05, 4.69) is 15.7 Å². The summed E-state index contributed by atoms with van der Waals surface area (Å²) in [7, 11) is 1.73. The first-order chi connectivity index (χ1) is 13.9. The average Bonchev–Trinajstić information content (AvgIpc) is 3.33. The first-order valence-electron chi connectivity index (χ1n) is 11.1.